The molecule has 0 spiro atoms. The second kappa shape index (κ2) is 7.07. The molecule has 108 valence electrons. The van der Waals surface area contributed by atoms with E-state index in [-0.39, 0.29) is 5.02 Å². The highest BCUT2D eigenvalue weighted by Crippen LogP contribution is 2.31. The summed E-state index contributed by atoms with van der Waals surface area (Å²) < 4.78 is 18.6. The van der Waals surface area contributed by atoms with Crippen LogP contribution in [-0.4, -0.2) is 6.54 Å². The number of hydrogen-bond donors (Lipinski definition) is 1. The van der Waals surface area contributed by atoms with Crippen molar-refractivity contribution in [3.63, 3.8) is 0 Å². The first-order valence-corrected chi connectivity index (χ1v) is 6.88. The van der Waals surface area contributed by atoms with Gasteiger partial charge in [0.1, 0.15) is 23.4 Å². The lowest BCUT2D eigenvalue weighted by Gasteiger charge is -2.10. The van der Waals surface area contributed by atoms with Crippen LogP contribution in [0, 0.1) is 17.1 Å². The Labute approximate surface area is 127 Å². The molecule has 21 heavy (non-hydrogen) atoms. The fraction of sp³-hybridized carbons (Fsp3) is 0.188. The SMILES string of the molecule is CCNCc1ccc(Oc2ccc(F)cc2Cl)c(C#N)c1. The molecule has 2 rings (SSSR count). The van der Waals surface area contributed by atoms with E-state index in [9.17, 15) is 9.65 Å². The summed E-state index contributed by atoms with van der Waals surface area (Å²) in [5, 5.41) is 12.6. The van der Waals surface area contributed by atoms with Crippen molar-refractivity contribution >= 4 is 11.6 Å². The van der Waals surface area contributed by atoms with Crippen LogP contribution in [0.3, 0.4) is 0 Å². The summed E-state index contributed by atoms with van der Waals surface area (Å²) >= 11 is 5.92. The van der Waals surface area contributed by atoms with E-state index in [1.807, 2.05) is 13.0 Å². The quantitative estimate of drug-likeness (QED) is 0.898. The second-order valence-electron chi connectivity index (χ2n) is 4.40. The van der Waals surface area contributed by atoms with Crippen LogP contribution in [0.1, 0.15) is 18.1 Å². The molecule has 0 fully saturated rings. The predicted octanol–water partition coefficient (Wildman–Crippen LogP) is 4.25. The first-order valence-electron chi connectivity index (χ1n) is 6.50. The van der Waals surface area contributed by atoms with Gasteiger partial charge in [-0.25, -0.2) is 4.39 Å². The Hall–Kier alpha value is -2.09. The molecule has 3 nitrogen and oxygen atoms in total. The molecule has 1 N–H and O–H groups in total. The molecular formula is C16H14ClFN2O. The van der Waals surface area contributed by atoms with E-state index in [1.165, 1.54) is 18.2 Å². The van der Waals surface area contributed by atoms with Crippen LogP contribution in [0.5, 0.6) is 11.5 Å². The number of hydrogen-bond acceptors (Lipinski definition) is 3. The van der Waals surface area contributed by atoms with Gasteiger partial charge in [-0.1, -0.05) is 24.6 Å². The summed E-state index contributed by atoms with van der Waals surface area (Å²) in [4.78, 5) is 0. The lowest BCUT2D eigenvalue weighted by Crippen LogP contribution is -2.11. The van der Waals surface area contributed by atoms with Crippen molar-refractivity contribution in [2.24, 2.45) is 0 Å². The molecule has 5 heteroatoms. The largest absolute Gasteiger partial charge is 0.454 e. The summed E-state index contributed by atoms with van der Waals surface area (Å²) in [5.41, 5.74) is 1.40. The third-order valence-corrected chi connectivity index (χ3v) is 3.15. The molecule has 0 aliphatic carbocycles. The number of nitrogens with zero attached hydrogens (tertiary/aromatic N) is 1. The summed E-state index contributed by atoms with van der Waals surface area (Å²) in [6.45, 7) is 3.55. The Morgan fingerprint density at radius 1 is 1.24 bits per heavy atom. The molecule has 0 aliphatic heterocycles. The minimum atomic E-state index is -0.436. The highest BCUT2D eigenvalue weighted by atomic mass is 35.5. The highest BCUT2D eigenvalue weighted by molar-refractivity contribution is 6.32. The molecule has 0 amide bonds. The number of rotatable bonds is 5. The molecule has 0 bridgehead atoms. The zero-order valence-electron chi connectivity index (χ0n) is 11.5. The Balaban J connectivity index is 2.25. The molecule has 0 heterocycles. The topological polar surface area (TPSA) is 45.0 Å². The number of benzene rings is 2. The zero-order chi connectivity index (χ0) is 15.2. The van der Waals surface area contributed by atoms with E-state index in [2.05, 4.69) is 11.4 Å². The van der Waals surface area contributed by atoms with Gasteiger partial charge in [0.25, 0.3) is 0 Å². The van der Waals surface area contributed by atoms with E-state index in [1.54, 1.807) is 12.1 Å². The Kier molecular flexibility index (Phi) is 5.15. The molecule has 0 aromatic heterocycles. The predicted molar refractivity (Wildman–Crippen MR) is 80.0 cm³/mol. The van der Waals surface area contributed by atoms with Crippen LogP contribution in [0.4, 0.5) is 4.39 Å². The maximum atomic E-state index is 13.0. The summed E-state index contributed by atoms with van der Waals surface area (Å²) in [7, 11) is 0. The normalized spacial score (nSPS) is 10.2. The average Bonchev–Trinajstić information content (AvgIpc) is 2.48. The molecule has 0 aliphatic rings. The third kappa shape index (κ3) is 3.94. The van der Waals surface area contributed by atoms with Crippen molar-refractivity contribution in [2.75, 3.05) is 6.54 Å². The van der Waals surface area contributed by atoms with Gasteiger partial charge in [-0.05, 0) is 42.4 Å². The van der Waals surface area contributed by atoms with Gasteiger partial charge in [-0.15, -0.1) is 0 Å². The van der Waals surface area contributed by atoms with Crippen LogP contribution in [0.25, 0.3) is 0 Å². The third-order valence-electron chi connectivity index (χ3n) is 2.86. The van der Waals surface area contributed by atoms with Gasteiger partial charge in [-0.2, -0.15) is 5.26 Å². The van der Waals surface area contributed by atoms with Gasteiger partial charge in [0, 0.05) is 6.54 Å². The van der Waals surface area contributed by atoms with E-state index < -0.39 is 5.82 Å². The molecule has 2 aromatic rings. The summed E-state index contributed by atoms with van der Waals surface area (Å²) in [6, 6.07) is 11.3. The Morgan fingerprint density at radius 3 is 2.67 bits per heavy atom. The van der Waals surface area contributed by atoms with E-state index in [0.29, 0.717) is 23.6 Å². The van der Waals surface area contributed by atoms with Gasteiger partial charge in [0.2, 0.25) is 0 Å². The average molecular weight is 305 g/mol. The smallest absolute Gasteiger partial charge is 0.146 e. The maximum absolute atomic E-state index is 13.0. The number of halogens is 2. The van der Waals surface area contributed by atoms with Crippen molar-refractivity contribution in [3.05, 3.63) is 58.4 Å². The summed E-state index contributed by atoms with van der Waals surface area (Å²) in [5.74, 6) is 0.272. The van der Waals surface area contributed by atoms with Gasteiger partial charge in [-0.3, -0.25) is 0 Å². The lowest BCUT2D eigenvalue weighted by atomic mass is 10.1. The van der Waals surface area contributed by atoms with Crippen LogP contribution in [0.15, 0.2) is 36.4 Å². The highest BCUT2D eigenvalue weighted by Gasteiger charge is 2.09. The first-order chi connectivity index (χ1) is 10.1. The first kappa shape index (κ1) is 15.3. The lowest BCUT2D eigenvalue weighted by molar-refractivity contribution is 0.479. The monoisotopic (exact) mass is 304 g/mol. The van der Waals surface area contributed by atoms with E-state index in [0.717, 1.165) is 12.1 Å². The maximum Gasteiger partial charge on any atom is 0.146 e. The molecule has 0 unspecified atom stereocenters. The molecule has 0 atom stereocenters. The van der Waals surface area contributed by atoms with Gasteiger partial charge < -0.3 is 10.1 Å². The van der Waals surface area contributed by atoms with Crippen molar-refractivity contribution in [3.8, 4) is 17.6 Å². The second-order valence-corrected chi connectivity index (χ2v) is 4.81. The molecule has 0 saturated carbocycles. The number of nitrogens with one attached hydrogen (secondary N) is 1. The fourth-order valence-electron chi connectivity index (χ4n) is 1.81. The van der Waals surface area contributed by atoms with Crippen molar-refractivity contribution < 1.29 is 9.13 Å². The number of nitriles is 1. The molecular weight excluding hydrogens is 291 g/mol. The Morgan fingerprint density at radius 2 is 2.00 bits per heavy atom. The van der Waals surface area contributed by atoms with E-state index >= 15 is 0 Å². The Bertz CT molecular complexity index is 682. The molecule has 0 radical (unpaired) electrons. The van der Waals surface area contributed by atoms with E-state index in [4.69, 9.17) is 16.3 Å². The molecule has 0 saturated heterocycles. The van der Waals surface area contributed by atoms with Crippen LogP contribution < -0.4 is 10.1 Å². The van der Waals surface area contributed by atoms with Crippen LogP contribution >= 0.6 is 11.6 Å². The standard InChI is InChI=1S/C16H14ClFN2O/c1-2-20-10-11-3-5-15(12(7-11)9-19)21-16-6-4-13(18)8-14(16)17/h3-8,20H,2,10H2,1H3. The van der Waals surface area contributed by atoms with Crippen molar-refractivity contribution in [2.45, 2.75) is 13.5 Å². The minimum Gasteiger partial charge on any atom is -0.454 e. The van der Waals surface area contributed by atoms with Crippen molar-refractivity contribution in [1.82, 2.24) is 5.32 Å². The minimum absolute atomic E-state index is 0.163. The van der Waals surface area contributed by atoms with Crippen LogP contribution in [0.2, 0.25) is 5.02 Å². The van der Waals surface area contributed by atoms with Gasteiger partial charge in [0.15, 0.2) is 0 Å². The molecule has 2 aromatic carbocycles. The van der Waals surface area contributed by atoms with Gasteiger partial charge >= 0.3 is 0 Å². The van der Waals surface area contributed by atoms with Gasteiger partial charge in [0.05, 0.1) is 10.6 Å². The number of ether oxygens (including phenoxy) is 1. The zero-order valence-corrected chi connectivity index (χ0v) is 12.2. The fourth-order valence-corrected chi connectivity index (χ4v) is 2.02. The van der Waals surface area contributed by atoms with Crippen LogP contribution in [-0.2, 0) is 6.54 Å². The summed E-state index contributed by atoms with van der Waals surface area (Å²) in [6.07, 6.45) is 0. The van der Waals surface area contributed by atoms with Crippen molar-refractivity contribution in [1.29, 1.82) is 5.26 Å².